The Morgan fingerprint density at radius 2 is 2.04 bits per heavy atom. The molecule has 0 N–H and O–H groups in total. The predicted molar refractivity (Wildman–Crippen MR) is 108 cm³/mol. The highest BCUT2D eigenvalue weighted by molar-refractivity contribution is 7.09. The summed E-state index contributed by atoms with van der Waals surface area (Å²) < 4.78 is 5.77. The van der Waals surface area contributed by atoms with Gasteiger partial charge in [0.25, 0.3) is 5.91 Å². The van der Waals surface area contributed by atoms with Crippen molar-refractivity contribution in [3.63, 3.8) is 0 Å². The average molecular weight is 400 g/mol. The van der Waals surface area contributed by atoms with E-state index >= 15 is 0 Å². The normalized spacial score (nSPS) is 15.0. The molecule has 1 amide bonds. The summed E-state index contributed by atoms with van der Waals surface area (Å²) in [6, 6.07) is 11.7. The maximum atomic E-state index is 12.9. The van der Waals surface area contributed by atoms with Crippen molar-refractivity contribution in [3.8, 4) is 5.75 Å². The molecule has 3 aromatic rings. The van der Waals surface area contributed by atoms with Gasteiger partial charge in [0, 0.05) is 48.5 Å². The molecule has 0 spiro atoms. The Kier molecular flexibility index (Phi) is 5.81. The molecular weight excluding hydrogens is 378 g/mol. The molecule has 3 heterocycles. The van der Waals surface area contributed by atoms with Gasteiger partial charge >= 0.3 is 0 Å². The van der Waals surface area contributed by atoms with Crippen LogP contribution in [-0.4, -0.2) is 46.9 Å². The summed E-state index contributed by atoms with van der Waals surface area (Å²) in [5, 5.41) is 4.07. The van der Waals surface area contributed by atoms with Gasteiger partial charge in [-0.2, -0.15) is 0 Å². The minimum Gasteiger partial charge on any atom is -0.487 e. The smallest absolute Gasteiger partial charge is 0.254 e. The molecule has 0 radical (unpaired) electrons. The van der Waals surface area contributed by atoms with Crippen LogP contribution < -0.4 is 4.74 Å². The van der Waals surface area contributed by atoms with Crippen LogP contribution in [0.2, 0.25) is 0 Å². The number of aromatic nitrogens is 1. The number of carbonyl (C=O) groups is 1. The van der Waals surface area contributed by atoms with E-state index in [1.165, 1.54) is 4.88 Å². The van der Waals surface area contributed by atoms with Gasteiger partial charge in [0.1, 0.15) is 12.4 Å². The van der Waals surface area contributed by atoms with Crippen molar-refractivity contribution in [2.24, 2.45) is 0 Å². The van der Waals surface area contributed by atoms with E-state index in [1.807, 2.05) is 34.5 Å². The van der Waals surface area contributed by atoms with Gasteiger partial charge in [-0.25, -0.2) is 4.98 Å². The standard InChI is InChI=1S/C20H21N3O2S2/c24-20(23-8-6-22(7-9-23)12-19-5-2-10-27-19)16-3-1-4-18(11-16)25-13-17-14-26-15-21-17/h1-5,10-11,14-15H,6-9,12-13H2. The zero-order valence-corrected chi connectivity index (χ0v) is 16.5. The maximum Gasteiger partial charge on any atom is 0.254 e. The Bertz CT molecular complexity index is 857. The Morgan fingerprint density at radius 3 is 2.78 bits per heavy atom. The Balaban J connectivity index is 1.32. The fourth-order valence-corrected chi connectivity index (χ4v) is 4.39. The van der Waals surface area contributed by atoms with Crippen molar-refractivity contribution in [2.75, 3.05) is 26.2 Å². The molecule has 5 nitrogen and oxygen atoms in total. The van der Waals surface area contributed by atoms with Gasteiger partial charge in [-0.05, 0) is 29.6 Å². The Labute approximate surface area is 166 Å². The molecule has 2 aromatic heterocycles. The van der Waals surface area contributed by atoms with E-state index in [4.69, 9.17) is 4.74 Å². The number of rotatable bonds is 6. The summed E-state index contributed by atoms with van der Waals surface area (Å²) in [6.07, 6.45) is 0. The lowest BCUT2D eigenvalue weighted by Gasteiger charge is -2.34. The lowest BCUT2D eigenvalue weighted by Crippen LogP contribution is -2.48. The topological polar surface area (TPSA) is 45.7 Å². The number of ether oxygens (including phenoxy) is 1. The second-order valence-corrected chi connectivity index (χ2v) is 8.19. The van der Waals surface area contributed by atoms with Crippen molar-refractivity contribution in [1.29, 1.82) is 0 Å². The molecule has 7 heteroatoms. The first-order valence-electron chi connectivity index (χ1n) is 8.92. The third kappa shape index (κ3) is 4.74. The minimum atomic E-state index is 0.0740. The first kappa shape index (κ1) is 18.2. The van der Waals surface area contributed by atoms with E-state index in [0.29, 0.717) is 17.9 Å². The van der Waals surface area contributed by atoms with E-state index in [-0.39, 0.29) is 5.91 Å². The molecule has 0 bridgehead atoms. The Morgan fingerprint density at radius 1 is 1.15 bits per heavy atom. The molecule has 0 saturated carbocycles. The van der Waals surface area contributed by atoms with Crippen molar-refractivity contribution in [2.45, 2.75) is 13.2 Å². The lowest BCUT2D eigenvalue weighted by molar-refractivity contribution is 0.0629. The van der Waals surface area contributed by atoms with E-state index in [0.717, 1.165) is 38.4 Å². The monoisotopic (exact) mass is 399 g/mol. The molecule has 0 atom stereocenters. The van der Waals surface area contributed by atoms with Crippen molar-refractivity contribution < 1.29 is 9.53 Å². The maximum absolute atomic E-state index is 12.9. The molecular formula is C20H21N3O2S2. The fraction of sp³-hybridized carbons (Fsp3) is 0.300. The SMILES string of the molecule is O=C(c1cccc(OCc2cscn2)c1)N1CCN(Cc2cccs2)CC1. The highest BCUT2D eigenvalue weighted by Gasteiger charge is 2.22. The van der Waals surface area contributed by atoms with Crippen LogP contribution in [0.5, 0.6) is 5.75 Å². The number of thiophene rings is 1. The van der Waals surface area contributed by atoms with E-state index in [1.54, 1.807) is 28.2 Å². The van der Waals surface area contributed by atoms with Gasteiger partial charge in [0.05, 0.1) is 11.2 Å². The minimum absolute atomic E-state index is 0.0740. The molecule has 0 aliphatic carbocycles. The molecule has 140 valence electrons. The number of thiazole rings is 1. The third-order valence-corrected chi connectivity index (χ3v) is 6.07. The van der Waals surface area contributed by atoms with Crippen LogP contribution in [0.15, 0.2) is 52.7 Å². The number of nitrogens with zero attached hydrogens (tertiary/aromatic N) is 3. The average Bonchev–Trinajstić information content (AvgIpc) is 3.41. The lowest BCUT2D eigenvalue weighted by atomic mass is 10.1. The largest absolute Gasteiger partial charge is 0.487 e. The number of hydrogen-bond donors (Lipinski definition) is 0. The van der Waals surface area contributed by atoms with Crippen molar-refractivity contribution >= 4 is 28.6 Å². The first-order valence-corrected chi connectivity index (χ1v) is 10.7. The van der Waals surface area contributed by atoms with Gasteiger partial charge < -0.3 is 9.64 Å². The zero-order valence-electron chi connectivity index (χ0n) is 14.9. The molecule has 1 fully saturated rings. The number of carbonyl (C=O) groups excluding carboxylic acids is 1. The number of piperazine rings is 1. The fourth-order valence-electron chi connectivity index (χ4n) is 3.10. The van der Waals surface area contributed by atoms with Crippen LogP contribution in [0.4, 0.5) is 0 Å². The molecule has 4 rings (SSSR count). The summed E-state index contributed by atoms with van der Waals surface area (Å²) in [5.41, 5.74) is 3.37. The molecule has 27 heavy (non-hydrogen) atoms. The summed E-state index contributed by atoms with van der Waals surface area (Å²) in [7, 11) is 0. The van der Waals surface area contributed by atoms with Crippen LogP contribution >= 0.6 is 22.7 Å². The summed E-state index contributed by atoms with van der Waals surface area (Å²) in [4.78, 5) is 22.8. The van der Waals surface area contributed by atoms with Crippen LogP contribution in [0.3, 0.4) is 0 Å². The molecule has 1 aliphatic rings. The second kappa shape index (κ2) is 8.65. The Hall–Kier alpha value is -2.22. The van der Waals surface area contributed by atoms with Gasteiger partial charge in [0.15, 0.2) is 0 Å². The van der Waals surface area contributed by atoms with Gasteiger partial charge in [0.2, 0.25) is 0 Å². The highest BCUT2D eigenvalue weighted by atomic mass is 32.1. The quantitative estimate of drug-likeness (QED) is 0.633. The highest BCUT2D eigenvalue weighted by Crippen LogP contribution is 2.18. The number of hydrogen-bond acceptors (Lipinski definition) is 6. The van der Waals surface area contributed by atoms with Crippen LogP contribution in [-0.2, 0) is 13.2 Å². The van der Waals surface area contributed by atoms with E-state index < -0.39 is 0 Å². The third-order valence-electron chi connectivity index (χ3n) is 4.57. The number of benzene rings is 1. The van der Waals surface area contributed by atoms with Crippen LogP contribution in [0, 0.1) is 0 Å². The van der Waals surface area contributed by atoms with Crippen molar-refractivity contribution in [3.05, 3.63) is 68.8 Å². The summed E-state index contributed by atoms with van der Waals surface area (Å²) in [5.74, 6) is 0.773. The zero-order chi connectivity index (χ0) is 18.5. The molecule has 1 aromatic carbocycles. The summed E-state index contributed by atoms with van der Waals surface area (Å²) in [6.45, 7) is 4.72. The molecule has 1 aliphatic heterocycles. The van der Waals surface area contributed by atoms with Crippen molar-refractivity contribution in [1.82, 2.24) is 14.8 Å². The number of amides is 1. The van der Waals surface area contributed by atoms with Gasteiger partial charge in [-0.15, -0.1) is 22.7 Å². The second-order valence-electron chi connectivity index (χ2n) is 6.44. The molecule has 0 unspecified atom stereocenters. The van der Waals surface area contributed by atoms with Crippen LogP contribution in [0.1, 0.15) is 20.9 Å². The van der Waals surface area contributed by atoms with E-state index in [2.05, 4.69) is 27.4 Å². The van der Waals surface area contributed by atoms with Gasteiger partial charge in [-0.1, -0.05) is 12.1 Å². The molecule has 1 saturated heterocycles. The van der Waals surface area contributed by atoms with Crippen LogP contribution in [0.25, 0.3) is 0 Å². The predicted octanol–water partition coefficient (Wildman–Crippen LogP) is 3.74. The van der Waals surface area contributed by atoms with Gasteiger partial charge in [-0.3, -0.25) is 9.69 Å². The first-order chi connectivity index (χ1) is 13.3. The summed E-state index contributed by atoms with van der Waals surface area (Å²) >= 11 is 3.33. The van der Waals surface area contributed by atoms with E-state index in [9.17, 15) is 4.79 Å².